The Morgan fingerprint density at radius 1 is 0.484 bits per heavy atom. The zero-order valence-corrected chi connectivity index (χ0v) is 20.5. The first-order chi connectivity index (χ1) is 15.0. The van der Waals surface area contributed by atoms with Crippen LogP contribution >= 0.6 is 17.7 Å². The van der Waals surface area contributed by atoms with Gasteiger partial charge in [-0.25, -0.2) is 0 Å². The third-order valence-corrected chi connectivity index (χ3v) is 20.8. The van der Waals surface area contributed by atoms with Crippen molar-refractivity contribution in [2.75, 3.05) is 0 Å². The maximum atomic E-state index is 16.0. The summed E-state index contributed by atoms with van der Waals surface area (Å²) in [6.07, 6.45) is 17.3. The highest BCUT2D eigenvalue weighted by molar-refractivity contribution is 7.91. The lowest BCUT2D eigenvalue weighted by Crippen LogP contribution is -2.75. The number of halogens is 1. The van der Waals surface area contributed by atoms with Gasteiger partial charge in [0.05, 0.1) is 0 Å². The van der Waals surface area contributed by atoms with Gasteiger partial charge in [0.25, 0.3) is 0 Å². The molecule has 0 aromatic carbocycles. The van der Waals surface area contributed by atoms with Gasteiger partial charge in [-0.1, -0.05) is 11.2 Å². The molecule has 8 unspecified atom stereocenters. The summed E-state index contributed by atoms with van der Waals surface area (Å²) < 4.78 is 16.0. The summed E-state index contributed by atoms with van der Waals surface area (Å²) >= 11 is 8.06. The topological polar surface area (TPSA) is 17.1 Å². The van der Waals surface area contributed by atoms with Gasteiger partial charge < -0.3 is 4.57 Å². The summed E-state index contributed by atoms with van der Waals surface area (Å²) in [7, 11) is 0. The minimum absolute atomic E-state index is 0.0855. The van der Waals surface area contributed by atoms with E-state index in [1.54, 1.807) is 0 Å². The van der Waals surface area contributed by atoms with Crippen LogP contribution in [0.4, 0.5) is 0 Å². The second-order valence-corrected chi connectivity index (χ2v) is 19.3. The molecule has 14 aliphatic carbocycles. The molecule has 16 bridgehead atoms. The Morgan fingerprint density at radius 2 is 0.806 bits per heavy atom. The van der Waals surface area contributed by atoms with Crippen LogP contribution in [0.5, 0.6) is 0 Å². The predicted molar refractivity (Wildman–Crippen MR) is 123 cm³/mol. The molecular weight excluding hydrogens is 419 g/mol. The molecule has 0 aliphatic heterocycles. The largest absolute Gasteiger partial charge is 0.305 e. The number of rotatable bonds is 2. The lowest BCUT2D eigenvalue weighted by Gasteiger charge is -2.80. The van der Waals surface area contributed by atoms with E-state index < -0.39 is 6.49 Å². The fraction of sp³-hybridized carbons (Fsp3) is 1.00. The molecule has 14 fully saturated rings. The average molecular weight is 457 g/mol. The third kappa shape index (κ3) is 1.60. The Morgan fingerprint density at radius 3 is 1.16 bits per heavy atom. The first-order valence-corrected chi connectivity index (χ1v) is 16.9. The molecule has 1 nitrogen and oxygen atoms in total. The molecule has 0 spiro atoms. The second kappa shape index (κ2) is 5.06. The molecule has 0 aromatic heterocycles. The molecule has 14 aliphatic rings. The van der Waals surface area contributed by atoms with E-state index in [1.807, 2.05) is 0 Å². The monoisotopic (exact) mass is 456 g/mol. The van der Waals surface area contributed by atoms with Crippen molar-refractivity contribution in [2.24, 2.45) is 82.9 Å². The maximum absolute atomic E-state index is 16.0. The normalized spacial score (nSPS) is 73.7. The molecule has 8 atom stereocenters. The second-order valence-electron chi connectivity index (χ2n) is 15.2. The lowest BCUT2D eigenvalue weighted by atomic mass is 9.35. The van der Waals surface area contributed by atoms with Gasteiger partial charge in [0.15, 0.2) is 6.49 Å². The van der Waals surface area contributed by atoms with Gasteiger partial charge in [-0.15, -0.1) is 0 Å². The van der Waals surface area contributed by atoms with Gasteiger partial charge in [0, 0.05) is 10.3 Å². The molecule has 0 amide bonds. The Kier molecular flexibility index (Phi) is 2.92. The van der Waals surface area contributed by atoms with Crippen LogP contribution in [0, 0.1) is 82.9 Å². The van der Waals surface area contributed by atoms with Crippen LogP contribution in [0.2, 0.25) is 0 Å². The standard InChI is InChI=1S/C28H38ClOP/c29-31(30,27-11-15-3-19-17-1-13(7-23(19)27)8-24(27)20(17)4-15)28-12-16-5-21-18-2-14(9-25(21)28)10-26(28)22(18)6-16/h13-26H,1-12H2. The number of hydrogen-bond donors (Lipinski definition) is 0. The van der Waals surface area contributed by atoms with Gasteiger partial charge in [-0.3, -0.25) is 0 Å². The molecule has 3 heteroatoms. The zero-order valence-electron chi connectivity index (χ0n) is 18.8. The molecule has 14 rings (SSSR count). The zero-order chi connectivity index (χ0) is 20.1. The van der Waals surface area contributed by atoms with E-state index in [-0.39, 0.29) is 10.3 Å². The summed E-state index contributed by atoms with van der Waals surface area (Å²) in [4.78, 5) is 0. The lowest BCUT2D eigenvalue weighted by molar-refractivity contribution is -0.204. The number of hydrogen-bond acceptors (Lipinski definition) is 1. The van der Waals surface area contributed by atoms with E-state index in [2.05, 4.69) is 0 Å². The van der Waals surface area contributed by atoms with Crippen molar-refractivity contribution in [3.63, 3.8) is 0 Å². The van der Waals surface area contributed by atoms with E-state index >= 15 is 4.57 Å². The summed E-state index contributed by atoms with van der Waals surface area (Å²) in [5, 5.41) is 0.171. The van der Waals surface area contributed by atoms with Crippen molar-refractivity contribution in [3.05, 3.63) is 0 Å². The summed E-state index contributed by atoms with van der Waals surface area (Å²) in [6.45, 7) is -2.79. The van der Waals surface area contributed by atoms with Gasteiger partial charge in [0.1, 0.15) is 0 Å². The van der Waals surface area contributed by atoms with Crippen molar-refractivity contribution in [1.82, 2.24) is 0 Å². The van der Waals surface area contributed by atoms with Gasteiger partial charge in [-0.05, 0) is 160 Å². The third-order valence-electron chi connectivity index (χ3n) is 15.1. The Labute approximate surface area is 192 Å². The Hall–Kier alpha value is 0.520. The van der Waals surface area contributed by atoms with Crippen molar-refractivity contribution in [3.8, 4) is 0 Å². The van der Waals surface area contributed by atoms with E-state index in [4.69, 9.17) is 11.2 Å². The quantitative estimate of drug-likeness (QED) is 0.395. The molecular formula is C28H38ClOP. The summed E-state index contributed by atoms with van der Waals surface area (Å²) in [5.41, 5.74) is 0. The molecule has 168 valence electrons. The van der Waals surface area contributed by atoms with Crippen LogP contribution in [0.3, 0.4) is 0 Å². The molecule has 0 saturated heterocycles. The highest BCUT2D eigenvalue weighted by Crippen LogP contribution is 2.93. The van der Waals surface area contributed by atoms with Gasteiger partial charge >= 0.3 is 0 Å². The van der Waals surface area contributed by atoms with Crippen LogP contribution in [0.25, 0.3) is 0 Å². The van der Waals surface area contributed by atoms with E-state index in [0.717, 1.165) is 82.9 Å². The highest BCUT2D eigenvalue weighted by Gasteiger charge is 2.82. The van der Waals surface area contributed by atoms with E-state index in [9.17, 15) is 0 Å². The van der Waals surface area contributed by atoms with Crippen LogP contribution in [-0.4, -0.2) is 10.3 Å². The Bertz CT molecular complexity index is 839. The summed E-state index contributed by atoms with van der Waals surface area (Å²) in [6, 6.07) is 0. The molecule has 14 saturated carbocycles. The van der Waals surface area contributed by atoms with Crippen LogP contribution in [0.1, 0.15) is 77.0 Å². The fourth-order valence-corrected chi connectivity index (χ4v) is 21.9. The van der Waals surface area contributed by atoms with Crippen molar-refractivity contribution in [2.45, 2.75) is 87.4 Å². The minimum Gasteiger partial charge on any atom is -0.305 e. The van der Waals surface area contributed by atoms with Crippen LogP contribution in [-0.2, 0) is 4.57 Å². The average Bonchev–Trinajstić information content (AvgIpc) is 2.79. The smallest absolute Gasteiger partial charge is 0.182 e. The maximum Gasteiger partial charge on any atom is 0.182 e. The van der Waals surface area contributed by atoms with E-state index in [0.29, 0.717) is 0 Å². The molecule has 31 heavy (non-hydrogen) atoms. The van der Waals surface area contributed by atoms with Gasteiger partial charge in [-0.2, -0.15) is 0 Å². The van der Waals surface area contributed by atoms with Crippen LogP contribution < -0.4 is 0 Å². The minimum atomic E-state index is -2.79. The summed E-state index contributed by atoms with van der Waals surface area (Å²) in [5.74, 6) is 12.4. The molecule has 0 heterocycles. The van der Waals surface area contributed by atoms with Crippen molar-refractivity contribution in [1.29, 1.82) is 0 Å². The first-order valence-electron chi connectivity index (χ1n) is 14.3. The SMILES string of the molecule is O=P(Cl)(C12CC3CC4C5CC(CC41)CC2C5C3)C12CC3CC4C5CC(CC41)CC2C5C3. The molecule has 0 N–H and O–H groups in total. The molecule has 0 aromatic rings. The van der Waals surface area contributed by atoms with Crippen molar-refractivity contribution >= 4 is 17.7 Å². The van der Waals surface area contributed by atoms with Crippen molar-refractivity contribution < 1.29 is 4.57 Å². The van der Waals surface area contributed by atoms with Gasteiger partial charge in [0.2, 0.25) is 0 Å². The van der Waals surface area contributed by atoms with E-state index in [1.165, 1.54) is 77.0 Å². The molecule has 0 radical (unpaired) electrons. The predicted octanol–water partition coefficient (Wildman–Crippen LogP) is 7.42. The fourth-order valence-electron chi connectivity index (χ4n) is 15.3. The highest BCUT2D eigenvalue weighted by atomic mass is 35.7. The van der Waals surface area contributed by atoms with Crippen LogP contribution in [0.15, 0.2) is 0 Å². The first kappa shape index (κ1) is 17.9. The Balaban J connectivity index is 1.20.